The van der Waals surface area contributed by atoms with E-state index in [0.717, 1.165) is 18.0 Å². The van der Waals surface area contributed by atoms with Crippen molar-refractivity contribution in [2.45, 2.75) is 38.6 Å². The molecule has 0 aliphatic rings. The molecule has 18 heavy (non-hydrogen) atoms. The van der Waals surface area contributed by atoms with E-state index in [1.165, 1.54) is 10.5 Å². The van der Waals surface area contributed by atoms with E-state index < -0.39 is 0 Å². The molecule has 0 bridgehead atoms. The summed E-state index contributed by atoms with van der Waals surface area (Å²) in [6.07, 6.45) is 0. The number of hydrogen-bond donors (Lipinski definition) is 1. The summed E-state index contributed by atoms with van der Waals surface area (Å²) >= 11 is 1.92. The van der Waals surface area contributed by atoms with Gasteiger partial charge in [0.2, 0.25) is 0 Å². The lowest BCUT2D eigenvalue weighted by Gasteiger charge is -2.20. The zero-order chi connectivity index (χ0) is 13.5. The van der Waals surface area contributed by atoms with Gasteiger partial charge in [0, 0.05) is 22.3 Å². The molecule has 0 fully saturated rings. The maximum absolute atomic E-state index is 5.51. The van der Waals surface area contributed by atoms with E-state index >= 15 is 0 Å². The second kappa shape index (κ2) is 7.70. The molecule has 0 amide bonds. The van der Waals surface area contributed by atoms with Crippen LogP contribution in [0.15, 0.2) is 23.1 Å². The van der Waals surface area contributed by atoms with Gasteiger partial charge in [-0.05, 0) is 31.5 Å². The number of thioether (sulfide) groups is 1. The Morgan fingerprint density at radius 2 is 2.00 bits per heavy atom. The monoisotopic (exact) mass is 267 g/mol. The summed E-state index contributed by atoms with van der Waals surface area (Å²) in [5.74, 6) is 2.82. The molecule has 1 aromatic rings. The number of ether oxygens (including phenoxy) is 1. The van der Waals surface area contributed by atoms with Gasteiger partial charge in [-0.1, -0.05) is 26.8 Å². The molecule has 1 rings (SSSR count). The average Bonchev–Trinajstić information content (AvgIpc) is 2.35. The van der Waals surface area contributed by atoms with Crippen LogP contribution in [-0.2, 0) is 0 Å². The first-order valence-corrected chi connectivity index (χ1v) is 7.61. The van der Waals surface area contributed by atoms with Crippen LogP contribution in [-0.4, -0.2) is 19.4 Å². The molecule has 0 radical (unpaired) electrons. The predicted octanol–water partition coefficient (Wildman–Crippen LogP) is 4.11. The van der Waals surface area contributed by atoms with Crippen LogP contribution < -0.4 is 10.1 Å². The van der Waals surface area contributed by atoms with E-state index in [1.807, 2.05) is 17.8 Å². The molecule has 1 unspecified atom stereocenters. The summed E-state index contributed by atoms with van der Waals surface area (Å²) < 4.78 is 5.51. The smallest absolute Gasteiger partial charge is 0.124 e. The molecule has 0 aliphatic heterocycles. The normalized spacial score (nSPS) is 12.8. The molecule has 102 valence electrons. The highest BCUT2D eigenvalue weighted by atomic mass is 32.2. The Kier molecular flexibility index (Phi) is 6.58. The van der Waals surface area contributed by atoms with Gasteiger partial charge in [0.1, 0.15) is 5.75 Å². The van der Waals surface area contributed by atoms with E-state index in [4.69, 9.17) is 4.74 Å². The van der Waals surface area contributed by atoms with Crippen molar-refractivity contribution in [2.75, 3.05) is 19.4 Å². The van der Waals surface area contributed by atoms with Crippen LogP contribution in [0.5, 0.6) is 5.75 Å². The maximum Gasteiger partial charge on any atom is 0.124 e. The van der Waals surface area contributed by atoms with Crippen molar-refractivity contribution < 1.29 is 4.74 Å². The van der Waals surface area contributed by atoms with Crippen LogP contribution in [0.3, 0.4) is 0 Å². The highest BCUT2D eigenvalue weighted by Crippen LogP contribution is 2.35. The molecule has 0 saturated carbocycles. The van der Waals surface area contributed by atoms with Gasteiger partial charge in [-0.2, -0.15) is 0 Å². The largest absolute Gasteiger partial charge is 0.496 e. The fraction of sp³-hybridized carbons (Fsp3) is 0.600. The third kappa shape index (κ3) is 4.21. The SMILES string of the molecule is CCNC(C)c1c(OC)cccc1SCC(C)C. The van der Waals surface area contributed by atoms with Crippen LogP contribution in [0.4, 0.5) is 0 Å². The van der Waals surface area contributed by atoms with Gasteiger partial charge in [0.15, 0.2) is 0 Å². The molecule has 0 saturated heterocycles. The van der Waals surface area contributed by atoms with Gasteiger partial charge < -0.3 is 10.1 Å². The molecule has 3 heteroatoms. The third-order valence-electron chi connectivity index (χ3n) is 2.76. The fourth-order valence-electron chi connectivity index (χ4n) is 1.92. The van der Waals surface area contributed by atoms with Gasteiger partial charge in [-0.15, -0.1) is 11.8 Å². The standard InChI is InChI=1S/C15H25NOS/c1-6-16-12(4)15-13(17-5)8-7-9-14(15)18-10-11(2)3/h7-9,11-12,16H,6,10H2,1-5H3. The molecular formula is C15H25NOS. The lowest BCUT2D eigenvalue weighted by molar-refractivity contribution is 0.400. The lowest BCUT2D eigenvalue weighted by atomic mass is 10.1. The molecule has 2 nitrogen and oxygen atoms in total. The van der Waals surface area contributed by atoms with Crippen LogP contribution in [0.2, 0.25) is 0 Å². The lowest BCUT2D eigenvalue weighted by Crippen LogP contribution is -2.19. The first kappa shape index (κ1) is 15.4. The average molecular weight is 267 g/mol. The van der Waals surface area contributed by atoms with Gasteiger partial charge in [-0.25, -0.2) is 0 Å². The van der Waals surface area contributed by atoms with E-state index in [-0.39, 0.29) is 0 Å². The number of rotatable bonds is 7. The zero-order valence-electron chi connectivity index (χ0n) is 12.1. The van der Waals surface area contributed by atoms with Crippen molar-refractivity contribution in [3.63, 3.8) is 0 Å². The number of methoxy groups -OCH3 is 1. The van der Waals surface area contributed by atoms with Crippen molar-refractivity contribution >= 4 is 11.8 Å². The number of benzene rings is 1. The van der Waals surface area contributed by atoms with Gasteiger partial charge in [0.05, 0.1) is 7.11 Å². The van der Waals surface area contributed by atoms with Gasteiger partial charge in [0.25, 0.3) is 0 Å². The zero-order valence-corrected chi connectivity index (χ0v) is 12.9. The summed E-state index contributed by atoms with van der Waals surface area (Å²) in [6, 6.07) is 6.63. The predicted molar refractivity (Wildman–Crippen MR) is 80.6 cm³/mol. The van der Waals surface area contributed by atoms with Crippen LogP contribution in [0, 0.1) is 5.92 Å². The van der Waals surface area contributed by atoms with Crippen LogP contribution in [0.25, 0.3) is 0 Å². The topological polar surface area (TPSA) is 21.3 Å². The molecule has 1 N–H and O–H groups in total. The van der Waals surface area contributed by atoms with E-state index in [0.29, 0.717) is 12.0 Å². The van der Waals surface area contributed by atoms with Crippen LogP contribution >= 0.6 is 11.8 Å². The quantitative estimate of drug-likeness (QED) is 0.751. The minimum absolute atomic E-state index is 0.320. The molecule has 0 heterocycles. The van der Waals surface area contributed by atoms with E-state index in [9.17, 15) is 0 Å². The Hall–Kier alpha value is -0.670. The summed E-state index contributed by atoms with van der Waals surface area (Å²) in [7, 11) is 1.74. The molecular weight excluding hydrogens is 242 g/mol. The minimum atomic E-state index is 0.320. The van der Waals surface area contributed by atoms with Crippen molar-refractivity contribution in [2.24, 2.45) is 5.92 Å². The second-order valence-corrected chi connectivity index (χ2v) is 5.92. The van der Waals surface area contributed by atoms with E-state index in [1.54, 1.807) is 7.11 Å². The first-order chi connectivity index (χ1) is 8.60. The molecule has 1 atom stereocenters. The van der Waals surface area contributed by atoms with Crippen LogP contribution in [0.1, 0.15) is 39.3 Å². The van der Waals surface area contributed by atoms with Crippen molar-refractivity contribution in [3.05, 3.63) is 23.8 Å². The molecule has 0 spiro atoms. The number of nitrogens with one attached hydrogen (secondary N) is 1. The molecule has 0 aliphatic carbocycles. The van der Waals surface area contributed by atoms with Crippen molar-refractivity contribution in [1.82, 2.24) is 5.32 Å². The Labute approximate surface area is 116 Å². The summed E-state index contributed by atoms with van der Waals surface area (Å²) in [5, 5.41) is 3.47. The first-order valence-electron chi connectivity index (χ1n) is 6.63. The molecule has 1 aromatic carbocycles. The third-order valence-corrected chi connectivity index (χ3v) is 4.26. The van der Waals surface area contributed by atoms with E-state index in [2.05, 4.69) is 45.1 Å². The Bertz CT molecular complexity index is 366. The summed E-state index contributed by atoms with van der Waals surface area (Å²) in [5.41, 5.74) is 1.28. The molecule has 0 aromatic heterocycles. The Morgan fingerprint density at radius 1 is 1.28 bits per heavy atom. The van der Waals surface area contributed by atoms with Gasteiger partial charge >= 0.3 is 0 Å². The summed E-state index contributed by atoms with van der Waals surface area (Å²) in [4.78, 5) is 1.33. The highest BCUT2D eigenvalue weighted by Gasteiger charge is 2.15. The Morgan fingerprint density at radius 3 is 2.56 bits per heavy atom. The fourth-order valence-corrected chi connectivity index (χ4v) is 3.04. The Balaban J connectivity index is 3.00. The van der Waals surface area contributed by atoms with Crippen molar-refractivity contribution in [1.29, 1.82) is 0 Å². The summed E-state index contributed by atoms with van der Waals surface area (Å²) in [6.45, 7) is 9.79. The number of hydrogen-bond acceptors (Lipinski definition) is 3. The highest BCUT2D eigenvalue weighted by molar-refractivity contribution is 7.99. The maximum atomic E-state index is 5.51. The van der Waals surface area contributed by atoms with Crippen molar-refractivity contribution in [3.8, 4) is 5.75 Å². The van der Waals surface area contributed by atoms with Gasteiger partial charge in [-0.3, -0.25) is 0 Å². The second-order valence-electron chi connectivity index (χ2n) is 4.86. The minimum Gasteiger partial charge on any atom is -0.496 e.